The van der Waals surface area contributed by atoms with Crippen LogP contribution in [0.2, 0.25) is 0 Å². The maximum atomic E-state index is 6.35. The average molecular weight is 718 g/mol. The van der Waals surface area contributed by atoms with E-state index in [9.17, 15) is 0 Å². The molecule has 56 heavy (non-hydrogen) atoms. The van der Waals surface area contributed by atoms with Gasteiger partial charge < -0.3 is 13.6 Å². The highest BCUT2D eigenvalue weighted by molar-refractivity contribution is 6.27. The van der Waals surface area contributed by atoms with Crippen molar-refractivity contribution in [3.05, 3.63) is 188 Å². The summed E-state index contributed by atoms with van der Waals surface area (Å²) in [5, 5.41) is 16.5. The van der Waals surface area contributed by atoms with E-state index in [0.717, 1.165) is 83.6 Å². The Balaban J connectivity index is 1.10. The summed E-state index contributed by atoms with van der Waals surface area (Å²) < 4.78 is 13.1. The van der Waals surface area contributed by atoms with Crippen LogP contribution in [0.3, 0.4) is 0 Å². The van der Waals surface area contributed by atoms with Crippen LogP contribution in [0.15, 0.2) is 192 Å². The van der Waals surface area contributed by atoms with Gasteiger partial charge in [-0.15, -0.1) is 5.10 Å². The molecule has 12 rings (SSSR count). The van der Waals surface area contributed by atoms with Crippen LogP contribution >= 0.6 is 0 Å². The number of furan rings is 1. The van der Waals surface area contributed by atoms with Gasteiger partial charge in [0.25, 0.3) is 0 Å². The molecule has 0 spiro atoms. The summed E-state index contributed by atoms with van der Waals surface area (Å²) in [6.45, 7) is 0. The second-order valence-electron chi connectivity index (χ2n) is 14.3. The highest BCUT2D eigenvalue weighted by Gasteiger charge is 2.22. The number of fused-ring (bicyclic) bond motifs is 10. The molecule has 0 saturated carbocycles. The number of aromatic nitrogens is 5. The summed E-state index contributed by atoms with van der Waals surface area (Å²) in [7, 11) is 0. The smallest absolute Gasteiger partial charge is 0.136 e. The Bertz CT molecular complexity index is 3420. The molecular formula is C50H31N5O. The zero-order chi connectivity index (χ0) is 36.7. The van der Waals surface area contributed by atoms with E-state index in [1.807, 2.05) is 47.1 Å². The van der Waals surface area contributed by atoms with Gasteiger partial charge in [0.15, 0.2) is 0 Å². The van der Waals surface area contributed by atoms with Crippen LogP contribution in [0.5, 0.6) is 0 Å². The van der Waals surface area contributed by atoms with Gasteiger partial charge >= 0.3 is 0 Å². The number of benzene rings is 8. The fraction of sp³-hybridized carbons (Fsp3) is 0. The van der Waals surface area contributed by atoms with Crippen molar-refractivity contribution in [1.82, 2.24) is 24.1 Å². The molecule has 0 fully saturated rings. The van der Waals surface area contributed by atoms with Crippen LogP contribution < -0.4 is 0 Å². The third kappa shape index (κ3) is 4.44. The first-order chi connectivity index (χ1) is 27.8. The monoisotopic (exact) mass is 717 g/mol. The van der Waals surface area contributed by atoms with Gasteiger partial charge in [0.1, 0.15) is 22.6 Å². The lowest BCUT2D eigenvalue weighted by Crippen LogP contribution is -2.00. The molecule has 6 nitrogen and oxygen atoms in total. The van der Waals surface area contributed by atoms with Gasteiger partial charge in [0.05, 0.1) is 27.8 Å². The minimum atomic E-state index is 0.837. The maximum Gasteiger partial charge on any atom is 0.136 e. The normalized spacial score (nSPS) is 11.9. The highest BCUT2D eigenvalue weighted by Crippen LogP contribution is 2.42. The fourth-order valence-corrected chi connectivity index (χ4v) is 8.80. The molecule has 0 aliphatic carbocycles. The summed E-state index contributed by atoms with van der Waals surface area (Å²) in [5.74, 6) is 0. The highest BCUT2D eigenvalue weighted by atomic mass is 16.3. The second kappa shape index (κ2) is 11.9. The van der Waals surface area contributed by atoms with Gasteiger partial charge in [0.2, 0.25) is 0 Å². The van der Waals surface area contributed by atoms with Gasteiger partial charge in [-0.25, -0.2) is 4.68 Å². The topological polar surface area (TPSA) is 53.7 Å². The molecule has 12 aromatic rings. The molecule has 0 aliphatic rings. The first kappa shape index (κ1) is 30.7. The van der Waals surface area contributed by atoms with Gasteiger partial charge in [-0.1, -0.05) is 127 Å². The molecule has 262 valence electrons. The fourth-order valence-electron chi connectivity index (χ4n) is 8.80. The van der Waals surface area contributed by atoms with Crippen LogP contribution in [0.4, 0.5) is 0 Å². The van der Waals surface area contributed by atoms with Crippen LogP contribution in [0.1, 0.15) is 0 Å². The lowest BCUT2D eigenvalue weighted by molar-refractivity contribution is 0.669. The summed E-state index contributed by atoms with van der Waals surface area (Å²) in [6, 6.07) is 66.2. The first-order valence-corrected chi connectivity index (χ1v) is 18.8. The molecule has 6 heteroatoms. The largest absolute Gasteiger partial charge is 0.456 e. The van der Waals surface area contributed by atoms with E-state index in [4.69, 9.17) is 14.7 Å². The van der Waals surface area contributed by atoms with Crippen molar-refractivity contribution in [1.29, 1.82) is 0 Å². The van der Waals surface area contributed by atoms with Crippen molar-refractivity contribution in [2.45, 2.75) is 0 Å². The minimum absolute atomic E-state index is 0.837. The lowest BCUT2D eigenvalue weighted by Gasteiger charge is -2.14. The van der Waals surface area contributed by atoms with Gasteiger partial charge in [0, 0.05) is 54.8 Å². The first-order valence-electron chi connectivity index (χ1n) is 18.8. The van der Waals surface area contributed by atoms with E-state index in [2.05, 4.69) is 155 Å². The molecule has 0 aliphatic heterocycles. The van der Waals surface area contributed by atoms with Crippen LogP contribution in [0.25, 0.3) is 105 Å². The zero-order valence-corrected chi connectivity index (χ0v) is 30.0. The minimum Gasteiger partial charge on any atom is -0.456 e. The van der Waals surface area contributed by atoms with E-state index >= 15 is 0 Å². The lowest BCUT2D eigenvalue weighted by atomic mass is 10.0. The Morgan fingerprint density at radius 3 is 1.80 bits per heavy atom. The van der Waals surface area contributed by atoms with Crippen molar-refractivity contribution < 1.29 is 4.42 Å². The molecule has 8 aromatic carbocycles. The number of rotatable bonds is 5. The summed E-state index contributed by atoms with van der Waals surface area (Å²) in [4.78, 5) is 0. The van der Waals surface area contributed by atoms with E-state index < -0.39 is 0 Å². The Hall–Kier alpha value is -7.70. The van der Waals surface area contributed by atoms with E-state index in [1.54, 1.807) is 0 Å². The zero-order valence-electron chi connectivity index (χ0n) is 30.0. The molecule has 4 heterocycles. The number of para-hydroxylation sites is 4. The number of nitrogens with zero attached hydrogens (tertiary/aromatic N) is 5. The van der Waals surface area contributed by atoms with Crippen molar-refractivity contribution in [2.75, 3.05) is 0 Å². The Labute approximate surface area is 320 Å². The average Bonchev–Trinajstić information content (AvgIpc) is 4.03. The van der Waals surface area contributed by atoms with E-state index in [1.165, 1.54) is 21.5 Å². The Morgan fingerprint density at radius 1 is 0.375 bits per heavy atom. The summed E-state index contributed by atoms with van der Waals surface area (Å²) in [6.07, 6.45) is 0. The van der Waals surface area contributed by atoms with Crippen molar-refractivity contribution in [2.24, 2.45) is 0 Å². The van der Waals surface area contributed by atoms with E-state index in [0.29, 0.717) is 0 Å². The third-order valence-corrected chi connectivity index (χ3v) is 11.2. The van der Waals surface area contributed by atoms with Crippen LogP contribution in [0, 0.1) is 0 Å². The molecule has 0 amide bonds. The standard InChI is InChI=1S/C50H31N5O/c1-3-14-32(15-4-1)49-50(55(52-51-49)34-16-5-2-6-17-34)33-26-27-38-37-20-7-10-23-41(37)54(44(38)30-33)36-19-13-18-35(31-36)53-42-24-11-8-21-39(42)47-43(53)28-29-46-48(47)40-22-9-12-25-45(40)56-46/h1-31H. The van der Waals surface area contributed by atoms with Gasteiger partial charge in [-0.2, -0.15) is 0 Å². The third-order valence-electron chi connectivity index (χ3n) is 11.2. The molecule has 0 atom stereocenters. The van der Waals surface area contributed by atoms with Gasteiger partial charge in [-0.3, -0.25) is 0 Å². The molecular weight excluding hydrogens is 687 g/mol. The van der Waals surface area contributed by atoms with Crippen LogP contribution in [-0.4, -0.2) is 24.1 Å². The van der Waals surface area contributed by atoms with Crippen molar-refractivity contribution in [3.8, 4) is 39.6 Å². The van der Waals surface area contributed by atoms with Crippen molar-refractivity contribution >= 4 is 65.6 Å². The predicted octanol–water partition coefficient (Wildman–Crippen LogP) is 12.7. The molecule has 0 bridgehead atoms. The maximum absolute atomic E-state index is 6.35. The van der Waals surface area contributed by atoms with Crippen molar-refractivity contribution in [3.63, 3.8) is 0 Å². The molecule has 0 radical (unpaired) electrons. The SMILES string of the molecule is c1ccc(-c2nnn(-c3ccccc3)c2-c2ccc3c4ccccc4n(-c4cccc(-n5c6ccccc6c6c7c(ccc65)oc5ccccc57)c4)c3c2)cc1. The van der Waals surface area contributed by atoms with E-state index in [-0.39, 0.29) is 0 Å². The van der Waals surface area contributed by atoms with Crippen LogP contribution in [-0.2, 0) is 0 Å². The van der Waals surface area contributed by atoms with Gasteiger partial charge in [-0.05, 0) is 66.7 Å². The Kier molecular flexibility index (Phi) is 6.53. The molecule has 4 aromatic heterocycles. The molecule has 0 unspecified atom stereocenters. The summed E-state index contributed by atoms with van der Waals surface area (Å²) >= 11 is 0. The number of hydrogen-bond donors (Lipinski definition) is 0. The Morgan fingerprint density at radius 2 is 1.00 bits per heavy atom. The molecule has 0 saturated heterocycles. The predicted molar refractivity (Wildman–Crippen MR) is 228 cm³/mol. The second-order valence-corrected chi connectivity index (χ2v) is 14.3. The summed E-state index contributed by atoms with van der Waals surface area (Å²) in [5.41, 5.74) is 13.3. The quantitative estimate of drug-likeness (QED) is 0.178. The number of hydrogen-bond acceptors (Lipinski definition) is 3. The molecule has 0 N–H and O–H groups in total.